The number of aryl methyl sites for hydroxylation is 2. The largest absolute Gasteiger partial charge is 0.491 e. The van der Waals surface area contributed by atoms with Gasteiger partial charge < -0.3 is 40.9 Å². The van der Waals surface area contributed by atoms with Gasteiger partial charge in [0.25, 0.3) is 5.91 Å². The van der Waals surface area contributed by atoms with E-state index in [-0.39, 0.29) is 41.7 Å². The number of anilines is 4. The van der Waals surface area contributed by atoms with Gasteiger partial charge in [0.1, 0.15) is 53.3 Å². The van der Waals surface area contributed by atoms with Crippen LogP contribution in [0.1, 0.15) is 93.5 Å². The number of hydrogen-bond acceptors (Lipinski definition) is 17. The number of H-pyrrole nitrogens is 1. The van der Waals surface area contributed by atoms with Crippen LogP contribution in [-0.4, -0.2) is 180 Å². The van der Waals surface area contributed by atoms with Crippen molar-refractivity contribution in [2.45, 2.75) is 121 Å². The Hall–Kier alpha value is -8.26. The van der Waals surface area contributed by atoms with E-state index >= 15 is 0 Å². The molecule has 2 saturated heterocycles. The average Bonchev–Trinajstić information content (AvgIpc) is 4.29. The molecule has 3 aliphatic rings. The molecule has 9 rings (SSSR count). The van der Waals surface area contributed by atoms with Gasteiger partial charge in [-0.2, -0.15) is 10.2 Å². The maximum atomic E-state index is 15.0. The number of ether oxygens (including phenoxy) is 1. The first-order chi connectivity index (χ1) is 39.1. The predicted octanol–water partition coefficient (Wildman–Crippen LogP) is 5.17. The summed E-state index contributed by atoms with van der Waals surface area (Å²) < 4.78 is 34.9. The van der Waals surface area contributed by atoms with E-state index in [1.807, 2.05) is 49.1 Å². The number of carboxylic acid groups (broad SMARTS) is 1. The summed E-state index contributed by atoms with van der Waals surface area (Å²) in [6.45, 7) is 15.0. The van der Waals surface area contributed by atoms with E-state index in [0.717, 1.165) is 35.4 Å². The van der Waals surface area contributed by atoms with Gasteiger partial charge in [-0.15, -0.1) is 0 Å². The number of aromatic amines is 1. The number of fused-ring (bicyclic) bond motifs is 1. The van der Waals surface area contributed by atoms with Gasteiger partial charge in [-0.25, -0.2) is 37.8 Å². The molecule has 0 radical (unpaired) electrons. The summed E-state index contributed by atoms with van der Waals surface area (Å²) in [5.74, 6) is -0.472. The molecular formula is C56H72N16O9S. The molecule has 6 N–H and O–H groups in total. The molecule has 3 fully saturated rings. The highest BCUT2D eigenvalue weighted by atomic mass is 32.2. The molecule has 4 atom stereocenters. The van der Waals surface area contributed by atoms with Crippen LogP contribution in [0, 0.1) is 26.7 Å². The number of sulfone groups is 1. The van der Waals surface area contributed by atoms with Gasteiger partial charge in [-0.05, 0) is 91.8 Å². The van der Waals surface area contributed by atoms with E-state index in [4.69, 9.17) is 4.74 Å². The molecule has 25 nitrogen and oxygen atoms in total. The zero-order chi connectivity index (χ0) is 58.6. The smallest absolute Gasteiger partial charge is 0.407 e. The molecule has 0 spiro atoms. The number of aromatic nitrogens is 8. The van der Waals surface area contributed by atoms with Gasteiger partial charge in [0.05, 0.1) is 27.2 Å². The number of nitrogens with zero attached hydrogens (tertiary/aromatic N) is 11. The van der Waals surface area contributed by atoms with Gasteiger partial charge in [-0.3, -0.25) is 34.1 Å². The number of carbonyl (C=O) groups excluding carboxylic acids is 4. The highest BCUT2D eigenvalue weighted by molar-refractivity contribution is 7.92. The van der Waals surface area contributed by atoms with Crippen LogP contribution in [0.4, 0.5) is 28.2 Å². The summed E-state index contributed by atoms with van der Waals surface area (Å²) in [5.41, 5.74) is 3.80. The van der Waals surface area contributed by atoms with Gasteiger partial charge in [0, 0.05) is 93.5 Å². The van der Waals surface area contributed by atoms with Crippen molar-refractivity contribution in [1.82, 2.24) is 65.2 Å². The van der Waals surface area contributed by atoms with Crippen LogP contribution < -0.4 is 30.9 Å². The van der Waals surface area contributed by atoms with Crippen LogP contribution in [0.15, 0.2) is 72.1 Å². The Balaban J connectivity index is 0.850. The molecule has 82 heavy (non-hydrogen) atoms. The SMILES string of the molecule is Cc1cc(NC(=O)[C@@H]2C[C@H](NC(=O)c3cnc(N4CCN(CCOc5cc6ncnc(Nc7n[nH]c(C)c7C)c6cc5S(=O)(=O)C(C)(C)C)CC4)nc3)CN2C(=O)[C@@H](NC(=O)[C@H](C)N(C)C(=O)O)C2CCCCC2)n(-c2ccccc2)n1. The molecule has 0 unspecified atom stereocenters. The Kier molecular flexibility index (Phi) is 17.4. The Labute approximate surface area is 475 Å². The van der Waals surface area contributed by atoms with Crippen LogP contribution in [0.3, 0.4) is 0 Å². The summed E-state index contributed by atoms with van der Waals surface area (Å²) in [5, 5.41) is 34.1. The second kappa shape index (κ2) is 24.4. The molecule has 2 aromatic carbocycles. The van der Waals surface area contributed by atoms with Gasteiger partial charge in [0.15, 0.2) is 15.7 Å². The lowest BCUT2D eigenvalue weighted by Crippen LogP contribution is -2.58. The second-order valence-corrected chi connectivity index (χ2v) is 25.0. The third-order valence-corrected chi connectivity index (χ3v) is 18.3. The fourth-order valence-corrected chi connectivity index (χ4v) is 11.8. The molecule has 5 amide bonds. The van der Waals surface area contributed by atoms with Crippen molar-refractivity contribution in [2.24, 2.45) is 5.92 Å². The van der Waals surface area contributed by atoms with E-state index in [1.165, 1.54) is 37.6 Å². The minimum absolute atomic E-state index is 0.0339. The zero-order valence-corrected chi connectivity index (χ0v) is 48.3. The molecule has 436 valence electrons. The first-order valence-electron chi connectivity index (χ1n) is 27.6. The highest BCUT2D eigenvalue weighted by Crippen LogP contribution is 2.38. The van der Waals surface area contributed by atoms with Crippen LogP contribution in [0.25, 0.3) is 16.6 Å². The second-order valence-electron chi connectivity index (χ2n) is 22.3. The Bertz CT molecular complexity index is 3430. The summed E-state index contributed by atoms with van der Waals surface area (Å²) >= 11 is 0. The number of rotatable bonds is 18. The van der Waals surface area contributed by atoms with Crippen molar-refractivity contribution in [1.29, 1.82) is 0 Å². The first-order valence-corrected chi connectivity index (χ1v) is 29.1. The van der Waals surface area contributed by atoms with Gasteiger partial charge in [0.2, 0.25) is 23.7 Å². The molecule has 26 heteroatoms. The van der Waals surface area contributed by atoms with Gasteiger partial charge in [-0.1, -0.05) is 37.5 Å². The maximum absolute atomic E-state index is 15.0. The molecule has 6 heterocycles. The molecule has 1 saturated carbocycles. The van der Waals surface area contributed by atoms with Crippen molar-refractivity contribution >= 4 is 73.9 Å². The molecule has 6 aromatic rings. The highest BCUT2D eigenvalue weighted by Gasteiger charge is 2.45. The summed E-state index contributed by atoms with van der Waals surface area (Å²) in [6.07, 6.45) is 6.95. The zero-order valence-electron chi connectivity index (χ0n) is 47.5. The Morgan fingerprint density at radius 3 is 2.28 bits per heavy atom. The number of hydrogen-bond donors (Lipinski definition) is 6. The standard InChI is InChI=1S/C56H72N16O9S/c1-33-25-46(72(67-33)40-17-13-10-14-18-40)62-52(75)43-26-39(31-71(43)53(76)47(37-15-11-9-12-16-37)63-50(73)36(4)68(8)55(77)78)61-51(74)38-29-57-54(58-30-38)70-21-19-69(20-22-70)23-24-81-44-28-42-41(27-45(44)82(79,80)56(5,6)7)49(60-32-59-42)64-48-34(2)35(3)65-66-48/h10,13-14,17-18,25,27-30,32,36-37,39,43,47H,9,11-12,15-16,19-24,26,31H2,1-8H3,(H,61,74)(H,62,75)(H,63,73)(H,77,78)(H2,59,60,64,65,66)/t36-,39-,43-,47-/m0/s1. The maximum Gasteiger partial charge on any atom is 0.407 e. The molecule has 1 aliphatic carbocycles. The minimum Gasteiger partial charge on any atom is -0.491 e. The number of benzene rings is 2. The third-order valence-electron chi connectivity index (χ3n) is 15.8. The number of amides is 5. The summed E-state index contributed by atoms with van der Waals surface area (Å²) in [7, 11) is -2.61. The quantitative estimate of drug-likeness (QED) is 0.0646. The molecule has 2 aliphatic heterocycles. The fourth-order valence-electron chi connectivity index (χ4n) is 10.5. The molecule has 4 aromatic heterocycles. The van der Waals surface area contributed by atoms with Crippen LogP contribution in [-0.2, 0) is 24.2 Å². The topological polar surface area (TPSA) is 308 Å². The van der Waals surface area contributed by atoms with E-state index in [0.29, 0.717) is 91.3 Å². The Morgan fingerprint density at radius 2 is 1.62 bits per heavy atom. The van der Waals surface area contributed by atoms with Crippen LogP contribution >= 0.6 is 0 Å². The van der Waals surface area contributed by atoms with Gasteiger partial charge >= 0.3 is 6.09 Å². The van der Waals surface area contributed by atoms with Crippen molar-refractivity contribution in [3.05, 3.63) is 89.8 Å². The lowest BCUT2D eigenvalue weighted by Gasteiger charge is -2.35. The normalized spacial score (nSPS) is 18.0. The minimum atomic E-state index is -3.89. The predicted molar refractivity (Wildman–Crippen MR) is 306 cm³/mol. The van der Waals surface area contributed by atoms with Crippen LogP contribution in [0.5, 0.6) is 5.75 Å². The van der Waals surface area contributed by atoms with Crippen molar-refractivity contribution in [3.8, 4) is 11.4 Å². The lowest BCUT2D eigenvalue weighted by molar-refractivity contribution is -0.142. The van der Waals surface area contributed by atoms with Crippen molar-refractivity contribution in [2.75, 3.05) is 68.5 Å². The number of para-hydroxylation sites is 1. The summed E-state index contributed by atoms with van der Waals surface area (Å²) in [4.78, 5) is 93.5. The summed E-state index contributed by atoms with van der Waals surface area (Å²) in [6, 6.07) is 10.2. The van der Waals surface area contributed by atoms with E-state index in [2.05, 4.69) is 61.4 Å². The number of likely N-dealkylation sites (N-methyl/N-ethyl adjacent to an activating group) is 1. The van der Waals surface area contributed by atoms with Crippen molar-refractivity contribution in [3.63, 3.8) is 0 Å². The number of carbonyl (C=O) groups is 5. The third kappa shape index (κ3) is 12.8. The van der Waals surface area contributed by atoms with Crippen molar-refractivity contribution < 1.29 is 42.2 Å². The fraction of sp³-hybridized carbons (Fsp3) is 0.482. The first kappa shape index (κ1) is 58.4. The average molecular weight is 1150 g/mol. The van der Waals surface area contributed by atoms with E-state index in [9.17, 15) is 37.5 Å². The monoisotopic (exact) mass is 1140 g/mol. The molecule has 0 bridgehead atoms. The number of likely N-dealkylation sites (tertiary alicyclic amines) is 1. The van der Waals surface area contributed by atoms with Crippen LogP contribution in [0.2, 0.25) is 0 Å². The Morgan fingerprint density at radius 1 is 0.915 bits per heavy atom. The number of piperazine rings is 1. The van der Waals surface area contributed by atoms with E-state index < -0.39 is 68.5 Å². The lowest BCUT2D eigenvalue weighted by atomic mass is 9.83. The molecular weight excluding hydrogens is 1070 g/mol. The number of nitrogens with one attached hydrogen (secondary N) is 5. The van der Waals surface area contributed by atoms with E-state index in [1.54, 1.807) is 50.6 Å².